The third-order valence-electron chi connectivity index (χ3n) is 3.81. The Morgan fingerprint density at radius 3 is 2.43 bits per heavy atom. The molecule has 23 heavy (non-hydrogen) atoms. The molecule has 1 N–H and O–H groups in total. The average Bonchev–Trinajstić information content (AvgIpc) is 3.05. The number of carbonyl (C=O) groups is 1. The molecule has 0 bridgehead atoms. The monoisotopic (exact) mass is 341 g/mol. The maximum absolute atomic E-state index is 12.1. The minimum atomic E-state index is -3.53. The minimum Gasteiger partial charge on any atom is -0.376 e. The van der Waals surface area contributed by atoms with E-state index in [1.807, 2.05) is 0 Å². The van der Waals surface area contributed by atoms with Crippen LogP contribution >= 0.6 is 0 Å². The van der Waals surface area contributed by atoms with Crippen LogP contribution in [0.25, 0.3) is 0 Å². The lowest BCUT2D eigenvalue weighted by molar-refractivity contribution is 0.0858. The lowest BCUT2D eigenvalue weighted by Crippen LogP contribution is -2.37. The lowest BCUT2D eigenvalue weighted by Gasteiger charge is -2.23. The molecule has 1 aliphatic rings. The first-order valence-corrected chi connectivity index (χ1v) is 8.88. The summed E-state index contributed by atoms with van der Waals surface area (Å²) >= 11 is 0. The molecular formula is C15H23N3O4S. The van der Waals surface area contributed by atoms with E-state index < -0.39 is 10.2 Å². The van der Waals surface area contributed by atoms with E-state index in [2.05, 4.69) is 5.32 Å². The van der Waals surface area contributed by atoms with Crippen molar-refractivity contribution in [3.05, 3.63) is 29.8 Å². The number of anilines is 1. The van der Waals surface area contributed by atoms with Gasteiger partial charge in [-0.2, -0.15) is 12.7 Å². The summed E-state index contributed by atoms with van der Waals surface area (Å²) in [6.07, 6.45) is 2.09. The molecule has 1 saturated heterocycles. The fraction of sp³-hybridized carbons (Fsp3) is 0.533. The lowest BCUT2D eigenvalue weighted by atomic mass is 10.2. The summed E-state index contributed by atoms with van der Waals surface area (Å²) in [5.41, 5.74) is 0.983. The summed E-state index contributed by atoms with van der Waals surface area (Å²) in [4.78, 5) is 12.1. The highest BCUT2D eigenvalue weighted by atomic mass is 32.2. The largest absolute Gasteiger partial charge is 0.376 e. The van der Waals surface area contributed by atoms with Gasteiger partial charge in [0.25, 0.3) is 5.91 Å². The molecule has 7 nitrogen and oxygen atoms in total. The van der Waals surface area contributed by atoms with Gasteiger partial charge in [-0.05, 0) is 37.1 Å². The molecule has 0 unspecified atom stereocenters. The molecule has 0 spiro atoms. The molecule has 128 valence electrons. The van der Waals surface area contributed by atoms with Gasteiger partial charge in [0.05, 0.1) is 11.8 Å². The molecule has 0 saturated carbocycles. The number of hydrogen-bond donors (Lipinski definition) is 1. The number of hydrogen-bond acceptors (Lipinski definition) is 4. The van der Waals surface area contributed by atoms with Crippen LogP contribution in [0, 0.1) is 0 Å². The van der Waals surface area contributed by atoms with Gasteiger partial charge in [-0.1, -0.05) is 0 Å². The number of nitrogens with zero attached hydrogens (tertiary/aromatic N) is 2. The zero-order valence-corrected chi connectivity index (χ0v) is 14.5. The molecule has 1 aliphatic heterocycles. The van der Waals surface area contributed by atoms with Crippen molar-refractivity contribution in [3.63, 3.8) is 0 Å². The third kappa shape index (κ3) is 4.21. The van der Waals surface area contributed by atoms with Crippen molar-refractivity contribution in [2.75, 3.05) is 38.6 Å². The van der Waals surface area contributed by atoms with Gasteiger partial charge in [0.1, 0.15) is 0 Å². The molecular weight excluding hydrogens is 318 g/mol. The molecule has 0 aliphatic carbocycles. The molecule has 1 fully saturated rings. The molecule has 1 aromatic rings. The van der Waals surface area contributed by atoms with Crippen LogP contribution in [0.2, 0.25) is 0 Å². The van der Waals surface area contributed by atoms with Crippen LogP contribution in [0.4, 0.5) is 5.69 Å². The Hall–Kier alpha value is -1.64. The SMILES string of the molecule is CN(C)S(=O)(=O)N(C)c1ccc(C(=O)NC[C@@H]2CCCO2)cc1. The number of benzene rings is 1. The minimum absolute atomic E-state index is 0.0922. The van der Waals surface area contributed by atoms with E-state index in [1.165, 1.54) is 25.4 Å². The van der Waals surface area contributed by atoms with Crippen LogP contribution in [0.5, 0.6) is 0 Å². The molecule has 0 aromatic heterocycles. The molecule has 1 heterocycles. The summed E-state index contributed by atoms with van der Waals surface area (Å²) in [6.45, 7) is 1.25. The first-order chi connectivity index (χ1) is 10.8. The topological polar surface area (TPSA) is 79.0 Å². The van der Waals surface area contributed by atoms with Crippen molar-refractivity contribution in [2.24, 2.45) is 0 Å². The van der Waals surface area contributed by atoms with Gasteiger partial charge in [0.15, 0.2) is 0 Å². The number of carbonyl (C=O) groups excluding carboxylic acids is 1. The quantitative estimate of drug-likeness (QED) is 0.831. The second-order valence-electron chi connectivity index (χ2n) is 5.65. The van der Waals surface area contributed by atoms with E-state index in [0.717, 1.165) is 23.8 Å². The summed E-state index contributed by atoms with van der Waals surface area (Å²) < 4.78 is 31.9. The highest BCUT2D eigenvalue weighted by molar-refractivity contribution is 7.90. The zero-order valence-electron chi connectivity index (χ0n) is 13.7. The highest BCUT2D eigenvalue weighted by Gasteiger charge is 2.21. The van der Waals surface area contributed by atoms with Crippen molar-refractivity contribution in [1.82, 2.24) is 9.62 Å². The van der Waals surface area contributed by atoms with E-state index >= 15 is 0 Å². The zero-order chi connectivity index (χ0) is 17.0. The summed E-state index contributed by atoms with van der Waals surface area (Å²) in [5, 5.41) is 2.83. The Balaban J connectivity index is 1.99. The Morgan fingerprint density at radius 1 is 1.26 bits per heavy atom. The van der Waals surface area contributed by atoms with Crippen LogP contribution in [0.15, 0.2) is 24.3 Å². The maximum Gasteiger partial charge on any atom is 0.303 e. The fourth-order valence-electron chi connectivity index (χ4n) is 2.31. The molecule has 8 heteroatoms. The van der Waals surface area contributed by atoms with Crippen molar-refractivity contribution in [3.8, 4) is 0 Å². The fourth-order valence-corrected chi connectivity index (χ4v) is 3.19. The number of nitrogens with one attached hydrogen (secondary N) is 1. The van der Waals surface area contributed by atoms with Crippen molar-refractivity contribution >= 4 is 21.8 Å². The van der Waals surface area contributed by atoms with E-state index in [1.54, 1.807) is 24.3 Å². The Labute approximate surface area is 137 Å². The maximum atomic E-state index is 12.1. The molecule has 1 amide bonds. The van der Waals surface area contributed by atoms with Crippen LogP contribution in [-0.4, -0.2) is 59.0 Å². The van der Waals surface area contributed by atoms with Gasteiger partial charge in [-0.15, -0.1) is 0 Å². The van der Waals surface area contributed by atoms with Crippen molar-refractivity contribution < 1.29 is 17.9 Å². The number of amides is 1. The predicted molar refractivity (Wildman–Crippen MR) is 88.8 cm³/mol. The predicted octanol–water partition coefficient (Wildman–Crippen LogP) is 0.838. The van der Waals surface area contributed by atoms with Gasteiger partial charge in [-0.3, -0.25) is 9.10 Å². The first kappa shape index (κ1) is 17.7. The first-order valence-electron chi connectivity index (χ1n) is 7.48. The standard InChI is InChI=1S/C15H23N3O4S/c1-17(2)23(20,21)18(3)13-8-6-12(7-9-13)15(19)16-11-14-5-4-10-22-14/h6-9,14H,4-5,10-11H2,1-3H3,(H,16,19)/t14-/m0/s1. The number of rotatable bonds is 6. The smallest absolute Gasteiger partial charge is 0.303 e. The Morgan fingerprint density at radius 2 is 1.91 bits per heavy atom. The van der Waals surface area contributed by atoms with Crippen LogP contribution < -0.4 is 9.62 Å². The van der Waals surface area contributed by atoms with Crippen LogP contribution in [-0.2, 0) is 14.9 Å². The van der Waals surface area contributed by atoms with Crippen LogP contribution in [0.3, 0.4) is 0 Å². The van der Waals surface area contributed by atoms with E-state index in [-0.39, 0.29) is 12.0 Å². The second-order valence-corrected chi connectivity index (χ2v) is 7.82. The summed E-state index contributed by atoms with van der Waals surface area (Å²) in [6, 6.07) is 6.45. The van der Waals surface area contributed by atoms with E-state index in [0.29, 0.717) is 17.8 Å². The van der Waals surface area contributed by atoms with Gasteiger partial charge in [0.2, 0.25) is 0 Å². The summed E-state index contributed by atoms with van der Waals surface area (Å²) in [5.74, 6) is -0.190. The van der Waals surface area contributed by atoms with Gasteiger partial charge in [0, 0.05) is 39.9 Å². The van der Waals surface area contributed by atoms with Crippen molar-refractivity contribution in [2.45, 2.75) is 18.9 Å². The summed E-state index contributed by atoms with van der Waals surface area (Å²) in [7, 11) is 0.881. The highest BCUT2D eigenvalue weighted by Crippen LogP contribution is 2.18. The second kappa shape index (κ2) is 7.29. The number of ether oxygens (including phenoxy) is 1. The van der Waals surface area contributed by atoms with E-state index in [9.17, 15) is 13.2 Å². The molecule has 1 atom stereocenters. The Bertz CT molecular complexity index is 637. The van der Waals surface area contributed by atoms with Gasteiger partial charge in [-0.25, -0.2) is 0 Å². The van der Waals surface area contributed by atoms with Gasteiger partial charge >= 0.3 is 10.2 Å². The van der Waals surface area contributed by atoms with E-state index in [4.69, 9.17) is 4.74 Å². The average molecular weight is 341 g/mol. The van der Waals surface area contributed by atoms with Crippen molar-refractivity contribution in [1.29, 1.82) is 0 Å². The molecule has 2 rings (SSSR count). The Kier molecular flexibility index (Phi) is 5.61. The van der Waals surface area contributed by atoms with Crippen LogP contribution in [0.1, 0.15) is 23.2 Å². The molecule has 0 radical (unpaired) electrons. The van der Waals surface area contributed by atoms with Gasteiger partial charge < -0.3 is 10.1 Å². The third-order valence-corrected chi connectivity index (χ3v) is 5.64. The molecule has 1 aromatic carbocycles. The normalized spacial score (nSPS) is 18.2.